The van der Waals surface area contributed by atoms with E-state index in [0.29, 0.717) is 18.0 Å². The van der Waals surface area contributed by atoms with E-state index in [2.05, 4.69) is 6.07 Å². The summed E-state index contributed by atoms with van der Waals surface area (Å²) >= 11 is 1.39. The molecule has 112 valence electrons. The molecule has 1 aromatic carbocycles. The van der Waals surface area contributed by atoms with E-state index in [4.69, 9.17) is 5.73 Å². The van der Waals surface area contributed by atoms with E-state index in [-0.39, 0.29) is 0 Å². The van der Waals surface area contributed by atoms with Crippen LogP contribution in [0.25, 0.3) is 0 Å². The van der Waals surface area contributed by atoms with Gasteiger partial charge in [-0.25, -0.2) is 8.42 Å². The van der Waals surface area contributed by atoms with Gasteiger partial charge in [-0.05, 0) is 37.5 Å². The van der Waals surface area contributed by atoms with Crippen LogP contribution in [0, 0.1) is 6.92 Å². The number of benzene rings is 1. The Bertz CT molecular complexity index is 766. The molecule has 4 nitrogen and oxygen atoms in total. The van der Waals surface area contributed by atoms with Gasteiger partial charge in [-0.1, -0.05) is 17.7 Å². The monoisotopic (exact) mass is 322 g/mol. The van der Waals surface area contributed by atoms with Gasteiger partial charge in [0.1, 0.15) is 0 Å². The number of thiophene rings is 1. The van der Waals surface area contributed by atoms with Gasteiger partial charge in [0.2, 0.25) is 0 Å². The minimum absolute atomic E-state index is 0.348. The maximum atomic E-state index is 12.9. The number of nitrogens with two attached hydrogens (primary N) is 1. The number of hydrogen-bond donors (Lipinski definition) is 1. The molecule has 0 saturated carbocycles. The van der Waals surface area contributed by atoms with Crippen LogP contribution in [0.15, 0.2) is 34.5 Å². The molecule has 0 aliphatic carbocycles. The minimum Gasteiger partial charge on any atom is -0.326 e. The van der Waals surface area contributed by atoms with Crippen molar-refractivity contribution in [3.63, 3.8) is 0 Å². The zero-order chi connectivity index (χ0) is 15.0. The van der Waals surface area contributed by atoms with Crippen molar-refractivity contribution in [1.29, 1.82) is 0 Å². The first-order chi connectivity index (χ1) is 10.0. The van der Waals surface area contributed by atoms with Gasteiger partial charge in [0.15, 0.2) is 0 Å². The Labute approximate surface area is 129 Å². The molecule has 0 amide bonds. The Morgan fingerprint density at radius 3 is 2.86 bits per heavy atom. The van der Waals surface area contributed by atoms with E-state index in [1.807, 2.05) is 19.1 Å². The third-order valence-corrected chi connectivity index (χ3v) is 6.63. The zero-order valence-corrected chi connectivity index (χ0v) is 13.5. The van der Waals surface area contributed by atoms with Crippen molar-refractivity contribution in [1.82, 2.24) is 0 Å². The van der Waals surface area contributed by atoms with Gasteiger partial charge in [-0.15, -0.1) is 11.3 Å². The summed E-state index contributed by atoms with van der Waals surface area (Å²) in [7, 11) is -3.49. The van der Waals surface area contributed by atoms with Crippen LogP contribution in [-0.4, -0.2) is 15.0 Å². The molecule has 0 unspecified atom stereocenters. The van der Waals surface area contributed by atoms with Crippen molar-refractivity contribution in [2.24, 2.45) is 5.73 Å². The predicted molar refractivity (Wildman–Crippen MR) is 86.2 cm³/mol. The van der Waals surface area contributed by atoms with Gasteiger partial charge in [-0.3, -0.25) is 4.31 Å². The van der Waals surface area contributed by atoms with E-state index >= 15 is 0 Å². The number of nitrogens with zero attached hydrogens (tertiary/aromatic N) is 1. The highest BCUT2D eigenvalue weighted by molar-refractivity contribution is 7.93. The SMILES string of the molecule is Cc1ccc2c(c1)CCCN2S(=O)(=O)c1csc(CN)c1. The first kappa shape index (κ1) is 14.6. The molecule has 6 heteroatoms. The average molecular weight is 322 g/mol. The molecule has 3 rings (SSSR count). The smallest absolute Gasteiger partial charge is 0.265 e. The molecule has 0 radical (unpaired) electrons. The summed E-state index contributed by atoms with van der Waals surface area (Å²) in [5.74, 6) is 0. The lowest BCUT2D eigenvalue weighted by atomic mass is 10.0. The fourth-order valence-corrected chi connectivity index (χ4v) is 5.36. The van der Waals surface area contributed by atoms with Crippen molar-refractivity contribution in [2.75, 3.05) is 10.8 Å². The van der Waals surface area contributed by atoms with Crippen LogP contribution in [0.4, 0.5) is 5.69 Å². The summed E-state index contributed by atoms with van der Waals surface area (Å²) in [5.41, 5.74) is 8.66. The summed E-state index contributed by atoms with van der Waals surface area (Å²) in [4.78, 5) is 1.23. The van der Waals surface area contributed by atoms with E-state index in [9.17, 15) is 8.42 Å². The molecular formula is C15H18N2O2S2. The Kier molecular flexibility index (Phi) is 3.77. The van der Waals surface area contributed by atoms with Crippen LogP contribution in [-0.2, 0) is 23.0 Å². The maximum absolute atomic E-state index is 12.9. The van der Waals surface area contributed by atoms with Gasteiger partial charge in [0, 0.05) is 23.3 Å². The van der Waals surface area contributed by atoms with E-state index in [1.54, 1.807) is 11.4 Å². The highest BCUT2D eigenvalue weighted by atomic mass is 32.2. The molecule has 0 saturated heterocycles. The topological polar surface area (TPSA) is 63.4 Å². The van der Waals surface area contributed by atoms with Crippen molar-refractivity contribution < 1.29 is 8.42 Å². The molecule has 0 atom stereocenters. The van der Waals surface area contributed by atoms with E-state index < -0.39 is 10.0 Å². The summed E-state index contributed by atoms with van der Waals surface area (Å²) in [6.45, 7) is 2.93. The van der Waals surface area contributed by atoms with Crippen molar-refractivity contribution in [2.45, 2.75) is 31.2 Å². The number of rotatable bonds is 3. The van der Waals surface area contributed by atoms with Crippen LogP contribution < -0.4 is 10.0 Å². The molecule has 1 aliphatic heterocycles. The second kappa shape index (κ2) is 5.44. The summed E-state index contributed by atoms with van der Waals surface area (Å²) in [6, 6.07) is 7.64. The first-order valence-corrected chi connectivity index (χ1v) is 9.24. The summed E-state index contributed by atoms with van der Waals surface area (Å²) in [5, 5.41) is 1.68. The van der Waals surface area contributed by atoms with Gasteiger partial charge in [0.05, 0.1) is 10.6 Å². The quantitative estimate of drug-likeness (QED) is 0.945. The molecule has 2 N–H and O–H groups in total. The highest BCUT2D eigenvalue weighted by Crippen LogP contribution is 2.33. The Morgan fingerprint density at radius 2 is 2.14 bits per heavy atom. The van der Waals surface area contributed by atoms with E-state index in [1.165, 1.54) is 15.6 Å². The lowest BCUT2D eigenvalue weighted by molar-refractivity contribution is 0.587. The number of anilines is 1. The molecule has 0 spiro atoms. The second-order valence-electron chi connectivity index (χ2n) is 5.27. The Balaban J connectivity index is 2.05. The summed E-state index contributed by atoms with van der Waals surface area (Å²) < 4.78 is 27.2. The fourth-order valence-electron chi connectivity index (χ4n) is 2.67. The Morgan fingerprint density at radius 1 is 1.33 bits per heavy atom. The fraction of sp³-hybridized carbons (Fsp3) is 0.333. The van der Waals surface area contributed by atoms with Crippen molar-refractivity contribution in [3.8, 4) is 0 Å². The molecular weight excluding hydrogens is 304 g/mol. The van der Waals surface area contributed by atoms with E-state index in [0.717, 1.165) is 34.5 Å². The maximum Gasteiger partial charge on any atom is 0.265 e. The Hall–Kier alpha value is -1.37. The van der Waals surface area contributed by atoms with Crippen LogP contribution in [0.1, 0.15) is 22.4 Å². The average Bonchev–Trinajstić information content (AvgIpc) is 2.96. The second-order valence-corrected chi connectivity index (χ2v) is 8.12. The predicted octanol–water partition coefficient (Wildman–Crippen LogP) is 2.66. The number of aryl methyl sites for hydroxylation is 2. The van der Waals surface area contributed by atoms with Crippen LogP contribution in [0.3, 0.4) is 0 Å². The third-order valence-electron chi connectivity index (χ3n) is 3.73. The molecule has 2 heterocycles. The van der Waals surface area contributed by atoms with Crippen LogP contribution in [0.2, 0.25) is 0 Å². The van der Waals surface area contributed by atoms with Gasteiger partial charge < -0.3 is 5.73 Å². The largest absolute Gasteiger partial charge is 0.326 e. The summed E-state index contributed by atoms with van der Waals surface area (Å²) in [6.07, 6.45) is 1.78. The molecule has 1 aliphatic rings. The molecule has 1 aromatic heterocycles. The van der Waals surface area contributed by atoms with Crippen molar-refractivity contribution in [3.05, 3.63) is 45.6 Å². The number of hydrogen-bond acceptors (Lipinski definition) is 4. The van der Waals surface area contributed by atoms with Crippen molar-refractivity contribution >= 4 is 27.0 Å². The molecule has 0 bridgehead atoms. The van der Waals surface area contributed by atoms with Gasteiger partial charge >= 0.3 is 0 Å². The molecule has 21 heavy (non-hydrogen) atoms. The minimum atomic E-state index is -3.49. The lowest BCUT2D eigenvalue weighted by Gasteiger charge is -2.30. The molecule has 0 fully saturated rings. The number of fused-ring (bicyclic) bond motifs is 1. The normalized spacial score (nSPS) is 15.0. The van der Waals surface area contributed by atoms with Gasteiger partial charge in [0.25, 0.3) is 10.0 Å². The lowest BCUT2D eigenvalue weighted by Crippen LogP contribution is -2.35. The molecule has 2 aromatic rings. The highest BCUT2D eigenvalue weighted by Gasteiger charge is 2.29. The number of sulfonamides is 1. The first-order valence-electron chi connectivity index (χ1n) is 6.92. The zero-order valence-electron chi connectivity index (χ0n) is 11.9. The van der Waals surface area contributed by atoms with Crippen LogP contribution in [0.5, 0.6) is 0 Å². The van der Waals surface area contributed by atoms with Gasteiger partial charge in [-0.2, -0.15) is 0 Å². The standard InChI is InChI=1S/C15H18N2O2S2/c1-11-4-5-15-12(7-11)3-2-6-17(15)21(18,19)14-8-13(9-16)20-10-14/h4-5,7-8,10H,2-3,6,9,16H2,1H3. The third kappa shape index (κ3) is 2.59. The van der Waals surface area contributed by atoms with Crippen LogP contribution >= 0.6 is 11.3 Å².